The Balaban J connectivity index is 2.20. The first-order chi connectivity index (χ1) is 8.90. The van der Waals surface area contributed by atoms with Crippen molar-refractivity contribution in [1.29, 1.82) is 0 Å². The first-order valence-corrected chi connectivity index (χ1v) is 7.86. The van der Waals surface area contributed by atoms with Gasteiger partial charge in [0.15, 0.2) is 0 Å². The number of rotatable bonds is 3. The van der Waals surface area contributed by atoms with Crippen molar-refractivity contribution in [1.82, 2.24) is 9.29 Å². The molecule has 1 atom stereocenters. The molecule has 6 nitrogen and oxygen atoms in total. The number of piperidine rings is 1. The van der Waals surface area contributed by atoms with Crippen molar-refractivity contribution < 1.29 is 8.42 Å². The summed E-state index contributed by atoms with van der Waals surface area (Å²) in [6.07, 6.45) is 4.32. The van der Waals surface area contributed by atoms with E-state index in [-0.39, 0.29) is 6.04 Å². The summed E-state index contributed by atoms with van der Waals surface area (Å²) in [6, 6.07) is 1.73. The lowest BCUT2D eigenvalue weighted by Crippen LogP contribution is -2.45. The molecule has 1 aliphatic rings. The molecule has 19 heavy (non-hydrogen) atoms. The van der Waals surface area contributed by atoms with Crippen molar-refractivity contribution in [2.24, 2.45) is 0 Å². The van der Waals surface area contributed by atoms with Crippen LogP contribution in [-0.4, -0.2) is 30.3 Å². The molecule has 1 aromatic heterocycles. The lowest BCUT2D eigenvalue weighted by Gasteiger charge is -2.32. The van der Waals surface area contributed by atoms with Crippen LogP contribution in [0.2, 0.25) is 0 Å². The van der Waals surface area contributed by atoms with Crippen LogP contribution in [0.5, 0.6) is 0 Å². The van der Waals surface area contributed by atoms with Crippen LogP contribution in [0.15, 0.2) is 12.3 Å². The van der Waals surface area contributed by atoms with E-state index in [9.17, 15) is 8.42 Å². The summed E-state index contributed by atoms with van der Waals surface area (Å²) < 4.78 is 28.7. The van der Waals surface area contributed by atoms with Crippen molar-refractivity contribution in [3.8, 4) is 0 Å². The zero-order valence-corrected chi connectivity index (χ0v) is 12.1. The van der Waals surface area contributed by atoms with Crippen LogP contribution >= 0.6 is 0 Å². The van der Waals surface area contributed by atoms with E-state index in [0.29, 0.717) is 23.6 Å². The van der Waals surface area contributed by atoms with Gasteiger partial charge >= 0.3 is 10.2 Å². The fraction of sp³-hybridized carbons (Fsp3) is 0.583. The number of aromatic nitrogens is 1. The summed E-state index contributed by atoms with van der Waals surface area (Å²) in [4.78, 5) is 4.04. The lowest BCUT2D eigenvalue weighted by molar-refractivity contribution is 0.270. The Morgan fingerprint density at radius 3 is 2.84 bits per heavy atom. The van der Waals surface area contributed by atoms with Gasteiger partial charge in [0.1, 0.15) is 5.82 Å². The van der Waals surface area contributed by atoms with Crippen LogP contribution in [0.4, 0.5) is 11.5 Å². The van der Waals surface area contributed by atoms with E-state index in [1.165, 1.54) is 10.5 Å². The second-order valence-electron chi connectivity index (χ2n) is 5.00. The Labute approximate surface area is 114 Å². The number of anilines is 2. The standard InChI is InChI=1S/C12H20N4O2S/c1-9-7-11(13)8-14-12(9)15-19(17,18)16-6-4-3-5-10(16)2/h7-8,10H,3-6,13H2,1-2H3,(H,14,15). The third-order valence-corrected chi connectivity index (χ3v) is 4.99. The average molecular weight is 284 g/mol. The summed E-state index contributed by atoms with van der Waals surface area (Å²) in [7, 11) is -3.54. The van der Waals surface area contributed by atoms with Crippen LogP contribution in [-0.2, 0) is 10.2 Å². The molecule has 1 fully saturated rings. The van der Waals surface area contributed by atoms with Gasteiger partial charge in [0, 0.05) is 12.6 Å². The highest BCUT2D eigenvalue weighted by molar-refractivity contribution is 7.90. The summed E-state index contributed by atoms with van der Waals surface area (Å²) in [6.45, 7) is 4.27. The Morgan fingerprint density at radius 2 is 2.21 bits per heavy atom. The minimum Gasteiger partial charge on any atom is -0.397 e. The molecule has 7 heteroatoms. The molecule has 1 unspecified atom stereocenters. The predicted octanol–water partition coefficient (Wildman–Crippen LogP) is 1.50. The van der Waals surface area contributed by atoms with Gasteiger partial charge in [-0.15, -0.1) is 0 Å². The molecule has 1 aliphatic heterocycles. The monoisotopic (exact) mass is 284 g/mol. The number of hydrogen-bond donors (Lipinski definition) is 2. The number of hydrogen-bond acceptors (Lipinski definition) is 4. The molecule has 0 radical (unpaired) electrons. The third kappa shape index (κ3) is 3.16. The van der Waals surface area contributed by atoms with Gasteiger partial charge in [0.25, 0.3) is 0 Å². The molecule has 0 aliphatic carbocycles. The van der Waals surface area contributed by atoms with Gasteiger partial charge in [-0.05, 0) is 38.3 Å². The van der Waals surface area contributed by atoms with E-state index in [1.54, 1.807) is 13.0 Å². The molecule has 0 spiro atoms. The van der Waals surface area contributed by atoms with Gasteiger partial charge in [0.05, 0.1) is 11.9 Å². The summed E-state index contributed by atoms with van der Waals surface area (Å²) >= 11 is 0. The topological polar surface area (TPSA) is 88.3 Å². The first-order valence-electron chi connectivity index (χ1n) is 6.42. The van der Waals surface area contributed by atoms with Crippen molar-refractivity contribution in [3.05, 3.63) is 17.8 Å². The molecule has 0 saturated carbocycles. The third-order valence-electron chi connectivity index (χ3n) is 3.38. The van der Waals surface area contributed by atoms with Gasteiger partial charge in [-0.25, -0.2) is 4.98 Å². The van der Waals surface area contributed by atoms with E-state index in [2.05, 4.69) is 9.71 Å². The number of aryl methyl sites for hydroxylation is 1. The predicted molar refractivity (Wildman–Crippen MR) is 75.9 cm³/mol. The maximum absolute atomic E-state index is 12.3. The molecular weight excluding hydrogens is 264 g/mol. The molecule has 0 aromatic carbocycles. The molecule has 1 aromatic rings. The van der Waals surface area contributed by atoms with E-state index in [0.717, 1.165) is 19.3 Å². The van der Waals surface area contributed by atoms with Crippen molar-refractivity contribution in [3.63, 3.8) is 0 Å². The minimum atomic E-state index is -3.54. The van der Waals surface area contributed by atoms with Crippen LogP contribution in [0.3, 0.4) is 0 Å². The molecule has 106 valence electrons. The minimum absolute atomic E-state index is 0.0281. The lowest BCUT2D eigenvalue weighted by atomic mass is 10.1. The quantitative estimate of drug-likeness (QED) is 0.880. The smallest absolute Gasteiger partial charge is 0.303 e. The fourth-order valence-electron chi connectivity index (χ4n) is 2.31. The van der Waals surface area contributed by atoms with Gasteiger partial charge in [-0.2, -0.15) is 12.7 Å². The zero-order chi connectivity index (χ0) is 14.0. The number of pyridine rings is 1. The second kappa shape index (κ2) is 5.34. The molecule has 0 amide bonds. The summed E-state index contributed by atoms with van der Waals surface area (Å²) in [5.41, 5.74) is 6.84. The van der Waals surface area contributed by atoms with Gasteiger partial charge in [0.2, 0.25) is 0 Å². The number of nitrogen functional groups attached to an aromatic ring is 1. The molecule has 0 bridgehead atoms. The first kappa shape index (κ1) is 14.1. The van der Waals surface area contributed by atoms with Crippen LogP contribution < -0.4 is 10.5 Å². The van der Waals surface area contributed by atoms with E-state index in [1.807, 2.05) is 6.92 Å². The highest BCUT2D eigenvalue weighted by Crippen LogP contribution is 2.22. The second-order valence-corrected chi connectivity index (χ2v) is 6.62. The molecule has 2 rings (SSSR count). The van der Waals surface area contributed by atoms with Crippen LogP contribution in [0.1, 0.15) is 31.7 Å². The highest BCUT2D eigenvalue weighted by Gasteiger charge is 2.29. The van der Waals surface area contributed by atoms with Crippen molar-refractivity contribution in [2.75, 3.05) is 17.0 Å². The maximum Gasteiger partial charge on any atom is 0.303 e. The summed E-state index contributed by atoms with van der Waals surface area (Å²) in [5.74, 6) is 0.340. The number of nitrogens with one attached hydrogen (secondary N) is 1. The molecular formula is C12H20N4O2S. The molecule has 2 heterocycles. The normalized spacial score (nSPS) is 21.3. The van der Waals surface area contributed by atoms with E-state index < -0.39 is 10.2 Å². The Hall–Kier alpha value is -1.34. The van der Waals surface area contributed by atoms with Gasteiger partial charge < -0.3 is 5.73 Å². The zero-order valence-electron chi connectivity index (χ0n) is 11.3. The maximum atomic E-state index is 12.3. The van der Waals surface area contributed by atoms with Crippen LogP contribution in [0.25, 0.3) is 0 Å². The molecule has 3 N–H and O–H groups in total. The Morgan fingerprint density at radius 1 is 1.47 bits per heavy atom. The van der Waals surface area contributed by atoms with Crippen molar-refractivity contribution in [2.45, 2.75) is 39.2 Å². The largest absolute Gasteiger partial charge is 0.397 e. The Bertz CT molecular complexity index is 559. The van der Waals surface area contributed by atoms with E-state index in [4.69, 9.17) is 5.73 Å². The van der Waals surface area contributed by atoms with Crippen molar-refractivity contribution >= 4 is 21.7 Å². The summed E-state index contributed by atoms with van der Waals surface area (Å²) in [5, 5.41) is 0. The molecule has 1 saturated heterocycles. The van der Waals surface area contributed by atoms with E-state index >= 15 is 0 Å². The number of nitrogens with two attached hydrogens (primary N) is 1. The SMILES string of the molecule is Cc1cc(N)cnc1NS(=O)(=O)N1CCCCC1C. The Kier molecular flexibility index (Phi) is 3.96. The van der Waals surface area contributed by atoms with Gasteiger partial charge in [-0.1, -0.05) is 6.42 Å². The number of nitrogens with zero attached hydrogens (tertiary/aromatic N) is 2. The average Bonchev–Trinajstić information content (AvgIpc) is 2.33. The van der Waals surface area contributed by atoms with Crippen LogP contribution in [0, 0.1) is 6.92 Å². The highest BCUT2D eigenvalue weighted by atomic mass is 32.2. The van der Waals surface area contributed by atoms with Gasteiger partial charge in [-0.3, -0.25) is 4.72 Å². The fourth-order valence-corrected chi connectivity index (χ4v) is 3.84.